The summed E-state index contributed by atoms with van der Waals surface area (Å²) in [5.41, 5.74) is 0.367. The fourth-order valence-electron chi connectivity index (χ4n) is 2.99. The van der Waals surface area contributed by atoms with Gasteiger partial charge in [-0.2, -0.15) is 0 Å². The summed E-state index contributed by atoms with van der Waals surface area (Å²) in [5, 5.41) is 3.65. The molecule has 108 valence electrons. The van der Waals surface area contributed by atoms with Crippen LogP contribution in [0.3, 0.4) is 0 Å². The van der Waals surface area contributed by atoms with Crippen molar-refractivity contribution in [2.45, 2.75) is 78.3 Å². The molecule has 0 radical (unpaired) electrons. The summed E-state index contributed by atoms with van der Waals surface area (Å²) in [6.45, 7) is 15.4. The Bertz CT molecular complexity index is 229. The minimum atomic E-state index is 0.367. The van der Waals surface area contributed by atoms with Gasteiger partial charge in [-0.05, 0) is 32.6 Å². The lowest BCUT2D eigenvalue weighted by molar-refractivity contribution is 0.0360. The van der Waals surface area contributed by atoms with Gasteiger partial charge in [-0.15, -0.1) is 0 Å². The average molecular weight is 254 g/mol. The van der Waals surface area contributed by atoms with E-state index in [9.17, 15) is 0 Å². The molecule has 3 atom stereocenters. The van der Waals surface area contributed by atoms with Gasteiger partial charge >= 0.3 is 0 Å². The highest BCUT2D eigenvalue weighted by Crippen LogP contribution is 2.26. The van der Waals surface area contributed by atoms with E-state index < -0.39 is 0 Å². The van der Waals surface area contributed by atoms with E-state index in [2.05, 4.69) is 44.8 Å². The van der Waals surface area contributed by atoms with E-state index in [-0.39, 0.29) is 0 Å². The molecule has 3 unspecified atom stereocenters. The molecule has 1 aliphatic heterocycles. The van der Waals surface area contributed by atoms with Crippen LogP contribution in [0.2, 0.25) is 0 Å². The zero-order valence-corrected chi connectivity index (χ0v) is 13.3. The Balaban J connectivity index is 2.58. The molecule has 1 rings (SSSR count). The van der Waals surface area contributed by atoms with Crippen LogP contribution in [0.25, 0.3) is 0 Å². The number of nitrogens with zero attached hydrogens (tertiary/aromatic N) is 1. The molecule has 1 saturated heterocycles. The predicted molar refractivity (Wildman–Crippen MR) is 81.0 cm³/mol. The van der Waals surface area contributed by atoms with E-state index in [1.54, 1.807) is 0 Å². The summed E-state index contributed by atoms with van der Waals surface area (Å²) in [4.78, 5) is 2.76. The van der Waals surface area contributed by atoms with Crippen molar-refractivity contribution in [2.24, 2.45) is 5.92 Å². The van der Waals surface area contributed by atoms with Gasteiger partial charge in [0, 0.05) is 31.2 Å². The Morgan fingerprint density at radius 2 is 2.06 bits per heavy atom. The van der Waals surface area contributed by atoms with Crippen LogP contribution in [0, 0.1) is 5.92 Å². The zero-order chi connectivity index (χ0) is 13.6. The maximum Gasteiger partial charge on any atom is 0.0304 e. The number of rotatable bonds is 7. The van der Waals surface area contributed by atoms with Gasteiger partial charge in [-0.25, -0.2) is 0 Å². The highest BCUT2D eigenvalue weighted by Gasteiger charge is 2.35. The summed E-state index contributed by atoms with van der Waals surface area (Å²) in [7, 11) is 0. The largest absolute Gasteiger partial charge is 0.311 e. The number of hydrogen-bond donors (Lipinski definition) is 1. The molecule has 2 heteroatoms. The van der Waals surface area contributed by atoms with Crippen LogP contribution in [0.5, 0.6) is 0 Å². The van der Waals surface area contributed by atoms with Gasteiger partial charge < -0.3 is 5.32 Å². The molecule has 2 nitrogen and oxygen atoms in total. The molecular weight excluding hydrogens is 220 g/mol. The first-order valence-corrected chi connectivity index (χ1v) is 8.04. The number of hydrogen-bond acceptors (Lipinski definition) is 2. The molecule has 0 amide bonds. The molecular formula is C16H34N2. The average Bonchev–Trinajstić information content (AvgIpc) is 2.38. The Hall–Kier alpha value is -0.0800. The molecule has 1 N–H and O–H groups in total. The topological polar surface area (TPSA) is 15.3 Å². The minimum absolute atomic E-state index is 0.367. The lowest BCUT2D eigenvalue weighted by Gasteiger charge is -2.48. The van der Waals surface area contributed by atoms with E-state index in [0.29, 0.717) is 11.6 Å². The number of nitrogens with one attached hydrogen (secondary N) is 1. The highest BCUT2D eigenvalue weighted by atomic mass is 15.3. The zero-order valence-electron chi connectivity index (χ0n) is 13.3. The first-order valence-electron chi connectivity index (χ1n) is 8.04. The molecule has 0 saturated carbocycles. The van der Waals surface area contributed by atoms with Gasteiger partial charge in [0.15, 0.2) is 0 Å². The molecule has 1 fully saturated rings. The maximum atomic E-state index is 3.65. The van der Waals surface area contributed by atoms with Crippen molar-refractivity contribution in [3.05, 3.63) is 0 Å². The van der Waals surface area contributed by atoms with E-state index in [1.807, 2.05) is 0 Å². The third kappa shape index (κ3) is 4.24. The van der Waals surface area contributed by atoms with E-state index >= 15 is 0 Å². The standard InChI is InChI=1S/C16H34N2/c1-6-9-10-15(7-2)12-18-11-14(4)17-13-16(18,5)8-3/h14-15,17H,6-13H2,1-5H3. The van der Waals surface area contributed by atoms with Gasteiger partial charge in [0.1, 0.15) is 0 Å². The van der Waals surface area contributed by atoms with Crippen molar-refractivity contribution < 1.29 is 0 Å². The van der Waals surface area contributed by atoms with Crippen LogP contribution in [-0.2, 0) is 0 Å². The summed E-state index contributed by atoms with van der Waals surface area (Å²) in [6, 6.07) is 0.647. The fraction of sp³-hybridized carbons (Fsp3) is 1.00. The van der Waals surface area contributed by atoms with E-state index in [1.165, 1.54) is 45.2 Å². The summed E-state index contributed by atoms with van der Waals surface area (Å²) in [5.74, 6) is 0.890. The first-order chi connectivity index (χ1) is 8.55. The van der Waals surface area contributed by atoms with Crippen molar-refractivity contribution in [1.82, 2.24) is 10.2 Å². The van der Waals surface area contributed by atoms with Gasteiger partial charge in [-0.3, -0.25) is 4.90 Å². The fourth-order valence-corrected chi connectivity index (χ4v) is 2.99. The monoisotopic (exact) mass is 254 g/mol. The Kier molecular flexibility index (Phi) is 6.65. The highest BCUT2D eigenvalue weighted by molar-refractivity contribution is 4.94. The second kappa shape index (κ2) is 7.49. The quantitative estimate of drug-likeness (QED) is 0.746. The molecule has 0 aromatic heterocycles. The minimum Gasteiger partial charge on any atom is -0.311 e. The van der Waals surface area contributed by atoms with Crippen molar-refractivity contribution in [3.63, 3.8) is 0 Å². The van der Waals surface area contributed by atoms with Gasteiger partial charge in [0.05, 0.1) is 0 Å². The molecule has 0 aromatic carbocycles. The Morgan fingerprint density at radius 1 is 1.33 bits per heavy atom. The lowest BCUT2D eigenvalue weighted by atomic mass is 9.89. The predicted octanol–water partition coefficient (Wildman–Crippen LogP) is 3.67. The van der Waals surface area contributed by atoms with E-state index in [0.717, 1.165) is 12.5 Å². The molecule has 18 heavy (non-hydrogen) atoms. The Labute approximate surface area is 115 Å². The first kappa shape index (κ1) is 16.0. The normalized spacial score (nSPS) is 31.5. The third-order valence-corrected chi connectivity index (χ3v) is 4.87. The van der Waals surface area contributed by atoms with Crippen LogP contribution in [0.4, 0.5) is 0 Å². The summed E-state index contributed by atoms with van der Waals surface area (Å²) >= 11 is 0. The SMILES string of the molecule is CCCCC(CC)CN1CC(C)NCC1(C)CC. The maximum absolute atomic E-state index is 3.65. The summed E-state index contributed by atoms with van der Waals surface area (Å²) < 4.78 is 0. The van der Waals surface area contributed by atoms with Crippen LogP contribution in [0.15, 0.2) is 0 Å². The van der Waals surface area contributed by atoms with Gasteiger partial charge in [0.25, 0.3) is 0 Å². The van der Waals surface area contributed by atoms with Gasteiger partial charge in [-0.1, -0.05) is 40.0 Å². The second-order valence-corrected chi connectivity index (χ2v) is 6.45. The van der Waals surface area contributed by atoms with Crippen molar-refractivity contribution in [1.29, 1.82) is 0 Å². The lowest BCUT2D eigenvalue weighted by Crippen LogP contribution is -2.63. The molecule has 0 bridgehead atoms. The second-order valence-electron chi connectivity index (χ2n) is 6.45. The molecule has 1 heterocycles. The number of piperazine rings is 1. The van der Waals surface area contributed by atoms with Gasteiger partial charge in [0.2, 0.25) is 0 Å². The van der Waals surface area contributed by atoms with Crippen molar-refractivity contribution in [2.75, 3.05) is 19.6 Å². The van der Waals surface area contributed by atoms with Crippen LogP contribution in [0.1, 0.15) is 66.7 Å². The third-order valence-electron chi connectivity index (χ3n) is 4.87. The molecule has 0 aliphatic carbocycles. The smallest absolute Gasteiger partial charge is 0.0304 e. The van der Waals surface area contributed by atoms with E-state index in [4.69, 9.17) is 0 Å². The van der Waals surface area contributed by atoms with Crippen molar-refractivity contribution in [3.8, 4) is 0 Å². The van der Waals surface area contributed by atoms with Crippen LogP contribution in [-0.4, -0.2) is 36.1 Å². The van der Waals surface area contributed by atoms with Crippen molar-refractivity contribution >= 4 is 0 Å². The molecule has 0 aromatic rings. The molecule has 1 aliphatic rings. The molecule has 0 spiro atoms. The van der Waals surface area contributed by atoms with Crippen LogP contribution < -0.4 is 5.32 Å². The number of unbranched alkanes of at least 4 members (excludes halogenated alkanes) is 1. The summed E-state index contributed by atoms with van der Waals surface area (Å²) in [6.07, 6.45) is 6.71. The Morgan fingerprint density at radius 3 is 2.61 bits per heavy atom. The van der Waals surface area contributed by atoms with Crippen LogP contribution >= 0.6 is 0 Å².